The zero-order chi connectivity index (χ0) is 13.2. The zero-order valence-corrected chi connectivity index (χ0v) is 12.5. The monoisotopic (exact) mass is 280 g/mol. The summed E-state index contributed by atoms with van der Waals surface area (Å²) in [6.07, 6.45) is 5.67. The summed E-state index contributed by atoms with van der Waals surface area (Å²) in [6, 6.07) is 0.905. The number of hydrogen-bond acceptors (Lipinski definition) is 5. The van der Waals surface area contributed by atoms with Crippen LogP contribution in [0.5, 0.6) is 0 Å². The van der Waals surface area contributed by atoms with Crippen molar-refractivity contribution < 1.29 is 0 Å². The van der Waals surface area contributed by atoms with Gasteiger partial charge in [-0.15, -0.1) is 11.3 Å². The average Bonchev–Trinajstić information content (AvgIpc) is 3.11. The first-order valence-corrected chi connectivity index (χ1v) is 8.32. The van der Waals surface area contributed by atoms with E-state index in [9.17, 15) is 0 Å². The van der Waals surface area contributed by atoms with Gasteiger partial charge in [0.05, 0.1) is 5.69 Å². The third kappa shape index (κ3) is 2.93. The molecule has 1 atom stereocenters. The Morgan fingerprint density at radius 2 is 1.95 bits per heavy atom. The van der Waals surface area contributed by atoms with Gasteiger partial charge in [-0.25, -0.2) is 4.98 Å². The smallest absolute Gasteiger partial charge is 0.185 e. The molecule has 4 nitrogen and oxygen atoms in total. The molecule has 1 unspecified atom stereocenters. The molecule has 2 fully saturated rings. The van der Waals surface area contributed by atoms with Crippen LogP contribution in [0.2, 0.25) is 0 Å². The van der Waals surface area contributed by atoms with Crippen molar-refractivity contribution in [2.45, 2.75) is 44.7 Å². The number of thiazole rings is 1. The van der Waals surface area contributed by atoms with E-state index in [2.05, 4.69) is 20.2 Å². The molecule has 0 amide bonds. The van der Waals surface area contributed by atoms with Crippen molar-refractivity contribution in [3.63, 3.8) is 0 Å². The number of nitrogens with two attached hydrogens (primary N) is 1. The van der Waals surface area contributed by atoms with Gasteiger partial charge in [-0.2, -0.15) is 0 Å². The van der Waals surface area contributed by atoms with E-state index in [0.29, 0.717) is 0 Å². The summed E-state index contributed by atoms with van der Waals surface area (Å²) in [4.78, 5) is 9.76. The summed E-state index contributed by atoms with van der Waals surface area (Å²) in [7, 11) is 0. The van der Waals surface area contributed by atoms with E-state index < -0.39 is 0 Å². The van der Waals surface area contributed by atoms with Crippen molar-refractivity contribution in [1.82, 2.24) is 9.88 Å². The van der Waals surface area contributed by atoms with Crippen molar-refractivity contribution in [1.29, 1.82) is 0 Å². The van der Waals surface area contributed by atoms with Gasteiger partial charge in [-0.3, -0.25) is 4.90 Å². The van der Waals surface area contributed by atoms with Gasteiger partial charge in [0.1, 0.15) is 0 Å². The Hall–Kier alpha value is -0.650. The van der Waals surface area contributed by atoms with E-state index >= 15 is 0 Å². The van der Waals surface area contributed by atoms with Gasteiger partial charge in [0, 0.05) is 43.6 Å². The fraction of sp³-hybridized carbons (Fsp3) is 0.786. The summed E-state index contributed by atoms with van der Waals surface area (Å²) in [5.74, 6) is 0. The maximum atomic E-state index is 5.88. The number of aromatic nitrogens is 1. The second-order valence-electron chi connectivity index (χ2n) is 5.80. The van der Waals surface area contributed by atoms with E-state index in [4.69, 9.17) is 5.73 Å². The highest BCUT2D eigenvalue weighted by molar-refractivity contribution is 7.13. The van der Waals surface area contributed by atoms with E-state index in [0.717, 1.165) is 30.0 Å². The molecular formula is C14H24N4S. The molecule has 0 radical (unpaired) electrons. The maximum Gasteiger partial charge on any atom is 0.185 e. The van der Waals surface area contributed by atoms with Gasteiger partial charge in [-0.1, -0.05) is 12.8 Å². The first kappa shape index (κ1) is 13.3. The molecule has 1 aliphatic carbocycles. The minimum Gasteiger partial charge on any atom is -0.346 e. The molecule has 2 N–H and O–H groups in total. The van der Waals surface area contributed by atoms with Crippen LogP contribution in [0.1, 0.15) is 44.3 Å². The van der Waals surface area contributed by atoms with Crippen LogP contribution in [-0.2, 0) is 0 Å². The van der Waals surface area contributed by atoms with E-state index in [1.54, 1.807) is 11.3 Å². The molecule has 3 rings (SSSR count). The highest BCUT2D eigenvalue weighted by Crippen LogP contribution is 2.27. The first-order chi connectivity index (χ1) is 9.24. The standard InChI is InChI=1S/C14H24N4S/c1-11(15)13-10-19-14(16-13)18-8-6-17(7-9-18)12-4-2-3-5-12/h10-12H,2-9,15H2,1H3. The fourth-order valence-corrected chi connectivity index (χ4v) is 4.16. The van der Waals surface area contributed by atoms with Crippen LogP contribution in [0, 0.1) is 0 Å². The lowest BCUT2D eigenvalue weighted by atomic mass is 10.2. The quantitative estimate of drug-likeness (QED) is 0.922. The van der Waals surface area contributed by atoms with Gasteiger partial charge in [-0.05, 0) is 19.8 Å². The highest BCUT2D eigenvalue weighted by atomic mass is 32.1. The van der Waals surface area contributed by atoms with Crippen LogP contribution in [-0.4, -0.2) is 42.1 Å². The number of rotatable bonds is 3. The van der Waals surface area contributed by atoms with E-state index in [1.807, 2.05) is 6.92 Å². The average molecular weight is 280 g/mol. The molecule has 1 saturated heterocycles. The summed E-state index contributed by atoms with van der Waals surface area (Å²) >= 11 is 1.73. The van der Waals surface area contributed by atoms with Crippen LogP contribution in [0.25, 0.3) is 0 Å². The lowest BCUT2D eigenvalue weighted by molar-refractivity contribution is 0.187. The molecule has 5 heteroatoms. The number of hydrogen-bond donors (Lipinski definition) is 1. The maximum absolute atomic E-state index is 5.88. The van der Waals surface area contributed by atoms with Crippen molar-refractivity contribution in [2.24, 2.45) is 5.73 Å². The Balaban J connectivity index is 1.56. The predicted molar refractivity (Wildman–Crippen MR) is 80.8 cm³/mol. The number of piperazine rings is 1. The third-order valence-corrected chi connectivity index (χ3v) is 5.32. The van der Waals surface area contributed by atoms with Crippen molar-refractivity contribution in [3.8, 4) is 0 Å². The van der Waals surface area contributed by atoms with Crippen molar-refractivity contribution in [3.05, 3.63) is 11.1 Å². The Labute approximate surface area is 119 Å². The Kier molecular flexibility index (Phi) is 4.05. The minimum atomic E-state index is 0.0461. The van der Waals surface area contributed by atoms with E-state index in [-0.39, 0.29) is 6.04 Å². The number of anilines is 1. The fourth-order valence-electron chi connectivity index (χ4n) is 3.18. The van der Waals surface area contributed by atoms with Crippen molar-refractivity contribution >= 4 is 16.5 Å². The lowest BCUT2D eigenvalue weighted by Crippen LogP contribution is -2.49. The molecule has 0 aromatic carbocycles. The third-order valence-electron chi connectivity index (χ3n) is 4.40. The SMILES string of the molecule is CC(N)c1csc(N2CCN(C3CCCC3)CC2)n1. The van der Waals surface area contributed by atoms with Gasteiger partial charge in [0.2, 0.25) is 0 Å². The van der Waals surface area contributed by atoms with Gasteiger partial charge in [0.15, 0.2) is 5.13 Å². The molecule has 0 bridgehead atoms. The molecular weight excluding hydrogens is 256 g/mol. The molecule has 1 aromatic rings. The molecule has 1 aromatic heterocycles. The topological polar surface area (TPSA) is 45.4 Å². The zero-order valence-electron chi connectivity index (χ0n) is 11.7. The summed E-state index contributed by atoms with van der Waals surface area (Å²) in [6.45, 7) is 6.61. The summed E-state index contributed by atoms with van der Waals surface area (Å²) in [5, 5.41) is 3.25. The lowest BCUT2D eigenvalue weighted by Gasteiger charge is -2.37. The number of nitrogens with zero attached hydrogens (tertiary/aromatic N) is 3. The van der Waals surface area contributed by atoms with Gasteiger partial charge < -0.3 is 10.6 Å². The Morgan fingerprint density at radius 3 is 2.53 bits per heavy atom. The van der Waals surface area contributed by atoms with Crippen LogP contribution in [0.15, 0.2) is 5.38 Å². The molecule has 0 spiro atoms. The van der Waals surface area contributed by atoms with Crippen LogP contribution in [0.3, 0.4) is 0 Å². The Morgan fingerprint density at radius 1 is 1.26 bits per heavy atom. The minimum absolute atomic E-state index is 0.0461. The van der Waals surface area contributed by atoms with Crippen LogP contribution in [0.4, 0.5) is 5.13 Å². The Bertz CT molecular complexity index is 403. The highest BCUT2D eigenvalue weighted by Gasteiger charge is 2.27. The second kappa shape index (κ2) is 5.77. The second-order valence-corrected chi connectivity index (χ2v) is 6.64. The first-order valence-electron chi connectivity index (χ1n) is 7.44. The molecule has 2 aliphatic rings. The largest absolute Gasteiger partial charge is 0.346 e. The van der Waals surface area contributed by atoms with Gasteiger partial charge in [0.25, 0.3) is 0 Å². The normalized spacial score (nSPS) is 24.0. The van der Waals surface area contributed by atoms with Gasteiger partial charge >= 0.3 is 0 Å². The van der Waals surface area contributed by atoms with Crippen LogP contribution >= 0.6 is 11.3 Å². The molecule has 1 saturated carbocycles. The molecule has 2 heterocycles. The molecule has 19 heavy (non-hydrogen) atoms. The summed E-state index contributed by atoms with van der Waals surface area (Å²) in [5.41, 5.74) is 6.90. The molecule has 1 aliphatic heterocycles. The van der Waals surface area contributed by atoms with Crippen LogP contribution < -0.4 is 10.6 Å². The predicted octanol–water partition coefficient (Wildman–Crippen LogP) is 2.23. The molecule has 106 valence electrons. The summed E-state index contributed by atoms with van der Waals surface area (Å²) < 4.78 is 0. The van der Waals surface area contributed by atoms with Crippen molar-refractivity contribution in [2.75, 3.05) is 31.1 Å². The van der Waals surface area contributed by atoms with E-state index in [1.165, 1.54) is 38.8 Å².